The van der Waals surface area contributed by atoms with E-state index in [2.05, 4.69) is 43.3 Å². The minimum atomic E-state index is -0.593. The van der Waals surface area contributed by atoms with Crippen molar-refractivity contribution < 1.29 is 5.11 Å². The number of fused-ring (bicyclic) bond motifs is 1. The number of benzene rings is 2. The van der Waals surface area contributed by atoms with Gasteiger partial charge < -0.3 is 5.11 Å². The van der Waals surface area contributed by atoms with Crippen LogP contribution < -0.4 is 0 Å². The molecule has 0 unspecified atom stereocenters. The molecule has 100 valence electrons. The third kappa shape index (κ3) is 2.17. The fourth-order valence-corrected chi connectivity index (χ4v) is 3.48. The van der Waals surface area contributed by atoms with Gasteiger partial charge in [-0.05, 0) is 41.2 Å². The van der Waals surface area contributed by atoms with E-state index in [4.69, 9.17) is 0 Å². The predicted octanol–water partition coefficient (Wildman–Crippen LogP) is 4.55. The molecule has 1 aliphatic carbocycles. The molecular formula is C18H22O. The molecule has 19 heavy (non-hydrogen) atoms. The van der Waals surface area contributed by atoms with Gasteiger partial charge in [-0.15, -0.1) is 0 Å². The molecule has 0 spiro atoms. The molecule has 1 aliphatic rings. The summed E-state index contributed by atoms with van der Waals surface area (Å²) in [7, 11) is 0. The first kappa shape index (κ1) is 12.7. The van der Waals surface area contributed by atoms with Crippen LogP contribution in [-0.2, 0) is 12.0 Å². The van der Waals surface area contributed by atoms with Gasteiger partial charge in [0.2, 0.25) is 0 Å². The standard InChI is InChI=1S/C18H22O/c1-2-7-14-10-11-17(18(19)12-5-6-13-18)16-9-4-3-8-15(14)16/h3-4,8-11,19H,2,5-7,12-13H2,1H3. The molecule has 3 rings (SSSR count). The molecule has 1 nitrogen and oxygen atoms in total. The molecule has 2 aromatic carbocycles. The van der Waals surface area contributed by atoms with Gasteiger partial charge in [-0.25, -0.2) is 0 Å². The van der Waals surface area contributed by atoms with Crippen LogP contribution in [0.3, 0.4) is 0 Å². The number of hydrogen-bond donors (Lipinski definition) is 1. The third-order valence-electron chi connectivity index (χ3n) is 4.47. The molecule has 0 heterocycles. The number of aryl methyl sites for hydroxylation is 1. The van der Waals surface area contributed by atoms with Crippen LogP contribution in [0.4, 0.5) is 0 Å². The van der Waals surface area contributed by atoms with Crippen molar-refractivity contribution in [2.45, 2.75) is 51.0 Å². The van der Waals surface area contributed by atoms with Gasteiger partial charge in [0, 0.05) is 0 Å². The Bertz CT molecular complexity index is 579. The quantitative estimate of drug-likeness (QED) is 0.851. The summed E-state index contributed by atoms with van der Waals surface area (Å²) in [6.45, 7) is 2.22. The summed E-state index contributed by atoms with van der Waals surface area (Å²) >= 11 is 0. The van der Waals surface area contributed by atoms with Crippen LogP contribution in [0.2, 0.25) is 0 Å². The minimum Gasteiger partial charge on any atom is -0.385 e. The summed E-state index contributed by atoms with van der Waals surface area (Å²) in [5, 5.41) is 13.5. The summed E-state index contributed by atoms with van der Waals surface area (Å²) in [4.78, 5) is 0. The monoisotopic (exact) mass is 254 g/mol. The fraction of sp³-hybridized carbons (Fsp3) is 0.444. The molecule has 0 saturated heterocycles. The van der Waals surface area contributed by atoms with Crippen LogP contribution in [-0.4, -0.2) is 5.11 Å². The second-order valence-electron chi connectivity index (χ2n) is 5.81. The van der Waals surface area contributed by atoms with E-state index in [9.17, 15) is 5.11 Å². The normalized spacial score (nSPS) is 18.0. The van der Waals surface area contributed by atoms with Gasteiger partial charge in [-0.2, -0.15) is 0 Å². The highest BCUT2D eigenvalue weighted by molar-refractivity contribution is 5.89. The number of rotatable bonds is 3. The highest BCUT2D eigenvalue weighted by atomic mass is 16.3. The zero-order valence-corrected chi connectivity index (χ0v) is 11.7. The highest BCUT2D eigenvalue weighted by Gasteiger charge is 2.34. The molecule has 1 fully saturated rings. The van der Waals surface area contributed by atoms with E-state index >= 15 is 0 Å². The molecule has 0 radical (unpaired) electrons. The first-order valence-electron chi connectivity index (χ1n) is 7.48. The Hall–Kier alpha value is -1.34. The van der Waals surface area contributed by atoms with Gasteiger partial charge >= 0.3 is 0 Å². The highest BCUT2D eigenvalue weighted by Crippen LogP contribution is 2.42. The van der Waals surface area contributed by atoms with Crippen molar-refractivity contribution in [2.75, 3.05) is 0 Å². The van der Waals surface area contributed by atoms with Gasteiger partial charge in [0.25, 0.3) is 0 Å². The Kier molecular flexibility index (Phi) is 3.32. The molecular weight excluding hydrogens is 232 g/mol. The Morgan fingerprint density at radius 3 is 2.37 bits per heavy atom. The first-order chi connectivity index (χ1) is 9.24. The average Bonchev–Trinajstić information content (AvgIpc) is 2.87. The molecule has 2 aromatic rings. The van der Waals surface area contributed by atoms with Crippen molar-refractivity contribution in [1.29, 1.82) is 0 Å². The van der Waals surface area contributed by atoms with Crippen LogP contribution in [0, 0.1) is 0 Å². The maximum atomic E-state index is 10.9. The Morgan fingerprint density at radius 2 is 1.68 bits per heavy atom. The van der Waals surface area contributed by atoms with E-state index in [-0.39, 0.29) is 0 Å². The Balaban J connectivity index is 2.19. The van der Waals surface area contributed by atoms with E-state index in [0.29, 0.717) is 0 Å². The Morgan fingerprint density at radius 1 is 1.00 bits per heavy atom. The molecule has 0 aromatic heterocycles. The van der Waals surface area contributed by atoms with Crippen LogP contribution >= 0.6 is 0 Å². The van der Waals surface area contributed by atoms with Crippen LogP contribution in [0.1, 0.15) is 50.2 Å². The lowest BCUT2D eigenvalue weighted by Crippen LogP contribution is -2.21. The Labute approximate surface area is 115 Å². The molecule has 1 N–H and O–H groups in total. The van der Waals surface area contributed by atoms with Crippen molar-refractivity contribution in [3.8, 4) is 0 Å². The van der Waals surface area contributed by atoms with Gasteiger partial charge in [-0.1, -0.05) is 62.6 Å². The maximum absolute atomic E-state index is 10.9. The minimum absolute atomic E-state index is 0.593. The average molecular weight is 254 g/mol. The summed E-state index contributed by atoms with van der Waals surface area (Å²) < 4.78 is 0. The summed E-state index contributed by atoms with van der Waals surface area (Å²) in [6.07, 6.45) is 6.37. The van der Waals surface area contributed by atoms with Crippen molar-refractivity contribution in [1.82, 2.24) is 0 Å². The van der Waals surface area contributed by atoms with E-state index in [1.807, 2.05) is 0 Å². The van der Waals surface area contributed by atoms with E-state index in [0.717, 1.165) is 44.1 Å². The SMILES string of the molecule is CCCc1ccc(C2(O)CCCC2)c2ccccc12. The van der Waals surface area contributed by atoms with Crippen molar-refractivity contribution in [2.24, 2.45) is 0 Å². The zero-order chi connectivity index (χ0) is 13.3. The molecule has 0 atom stereocenters. The lowest BCUT2D eigenvalue weighted by atomic mass is 9.86. The smallest absolute Gasteiger partial charge is 0.0902 e. The topological polar surface area (TPSA) is 20.2 Å². The predicted molar refractivity (Wildman–Crippen MR) is 80.3 cm³/mol. The van der Waals surface area contributed by atoms with Gasteiger partial charge in [0.15, 0.2) is 0 Å². The lowest BCUT2D eigenvalue weighted by molar-refractivity contribution is 0.0460. The number of hydrogen-bond acceptors (Lipinski definition) is 1. The summed E-state index contributed by atoms with van der Waals surface area (Å²) in [5.41, 5.74) is 1.95. The van der Waals surface area contributed by atoms with Crippen molar-refractivity contribution in [3.05, 3.63) is 47.5 Å². The zero-order valence-electron chi connectivity index (χ0n) is 11.7. The van der Waals surface area contributed by atoms with Crippen LogP contribution in [0.15, 0.2) is 36.4 Å². The van der Waals surface area contributed by atoms with Gasteiger partial charge in [0.05, 0.1) is 5.60 Å². The van der Waals surface area contributed by atoms with E-state index < -0.39 is 5.60 Å². The summed E-state index contributed by atoms with van der Waals surface area (Å²) in [5.74, 6) is 0. The first-order valence-corrected chi connectivity index (χ1v) is 7.48. The van der Waals surface area contributed by atoms with E-state index in [1.54, 1.807) is 0 Å². The molecule has 0 aliphatic heterocycles. The molecule has 1 saturated carbocycles. The second-order valence-corrected chi connectivity index (χ2v) is 5.81. The van der Waals surface area contributed by atoms with Gasteiger partial charge in [-0.3, -0.25) is 0 Å². The van der Waals surface area contributed by atoms with Crippen molar-refractivity contribution in [3.63, 3.8) is 0 Å². The van der Waals surface area contributed by atoms with Crippen LogP contribution in [0.5, 0.6) is 0 Å². The molecule has 0 bridgehead atoms. The molecule has 1 heteroatoms. The van der Waals surface area contributed by atoms with E-state index in [1.165, 1.54) is 16.3 Å². The summed E-state index contributed by atoms with van der Waals surface area (Å²) in [6, 6.07) is 12.9. The molecule has 0 amide bonds. The van der Waals surface area contributed by atoms with Gasteiger partial charge in [0.1, 0.15) is 0 Å². The lowest BCUT2D eigenvalue weighted by Gasteiger charge is -2.25. The maximum Gasteiger partial charge on any atom is 0.0902 e. The third-order valence-corrected chi connectivity index (χ3v) is 4.47. The second kappa shape index (κ2) is 4.97. The largest absolute Gasteiger partial charge is 0.385 e. The number of aliphatic hydroxyl groups is 1. The van der Waals surface area contributed by atoms with Crippen molar-refractivity contribution >= 4 is 10.8 Å². The van der Waals surface area contributed by atoms with Crippen LogP contribution in [0.25, 0.3) is 10.8 Å². The fourth-order valence-electron chi connectivity index (χ4n) is 3.48.